The highest BCUT2D eigenvalue weighted by molar-refractivity contribution is 6.30. The molecule has 2 aromatic rings. The SMILES string of the molecule is N#Cc1ccc(Cl)cc1O[C@H](CCCl)c1ccon1. The zero-order chi connectivity index (χ0) is 13.7. The van der Waals surface area contributed by atoms with Crippen molar-refractivity contribution in [2.24, 2.45) is 0 Å². The maximum absolute atomic E-state index is 9.05. The van der Waals surface area contributed by atoms with E-state index in [2.05, 4.69) is 11.2 Å². The summed E-state index contributed by atoms with van der Waals surface area (Å²) in [6.45, 7) is 0. The minimum absolute atomic E-state index is 0.373. The van der Waals surface area contributed by atoms with Gasteiger partial charge in [0.2, 0.25) is 0 Å². The number of alkyl halides is 1. The van der Waals surface area contributed by atoms with Crippen molar-refractivity contribution in [1.29, 1.82) is 5.26 Å². The normalized spacial score (nSPS) is 11.8. The van der Waals surface area contributed by atoms with Crippen LogP contribution in [0.4, 0.5) is 0 Å². The Morgan fingerprint density at radius 1 is 1.42 bits per heavy atom. The van der Waals surface area contributed by atoms with Gasteiger partial charge in [0.25, 0.3) is 0 Å². The van der Waals surface area contributed by atoms with Gasteiger partial charge in [0.1, 0.15) is 29.9 Å². The number of halogens is 2. The Labute approximate surface area is 120 Å². The third-order valence-electron chi connectivity index (χ3n) is 2.49. The van der Waals surface area contributed by atoms with Gasteiger partial charge in [-0.2, -0.15) is 5.26 Å². The summed E-state index contributed by atoms with van der Waals surface area (Å²) in [5.41, 5.74) is 1.04. The van der Waals surface area contributed by atoms with E-state index in [-0.39, 0.29) is 6.10 Å². The molecule has 19 heavy (non-hydrogen) atoms. The molecule has 98 valence electrons. The van der Waals surface area contributed by atoms with Crippen LogP contribution in [0.5, 0.6) is 5.75 Å². The molecule has 1 aromatic heterocycles. The average Bonchev–Trinajstić information content (AvgIpc) is 2.92. The molecule has 2 rings (SSSR count). The lowest BCUT2D eigenvalue weighted by atomic mass is 10.2. The topological polar surface area (TPSA) is 59.0 Å². The number of hydrogen-bond acceptors (Lipinski definition) is 4. The first-order valence-electron chi connectivity index (χ1n) is 5.57. The Bertz CT molecular complexity index is 579. The van der Waals surface area contributed by atoms with Crippen molar-refractivity contribution in [3.63, 3.8) is 0 Å². The summed E-state index contributed by atoms with van der Waals surface area (Å²) < 4.78 is 10.6. The molecule has 0 bridgehead atoms. The maximum Gasteiger partial charge on any atom is 0.145 e. The lowest BCUT2D eigenvalue weighted by Crippen LogP contribution is -2.09. The van der Waals surface area contributed by atoms with Crippen LogP contribution in [0.15, 0.2) is 35.1 Å². The van der Waals surface area contributed by atoms with Crippen LogP contribution in [0.2, 0.25) is 5.02 Å². The van der Waals surface area contributed by atoms with Crippen LogP contribution < -0.4 is 4.74 Å². The smallest absolute Gasteiger partial charge is 0.145 e. The van der Waals surface area contributed by atoms with Crippen LogP contribution in [0.1, 0.15) is 23.8 Å². The van der Waals surface area contributed by atoms with E-state index >= 15 is 0 Å². The van der Waals surface area contributed by atoms with Crippen molar-refractivity contribution in [2.75, 3.05) is 5.88 Å². The largest absolute Gasteiger partial charge is 0.483 e. The van der Waals surface area contributed by atoms with Gasteiger partial charge in [-0.05, 0) is 12.1 Å². The van der Waals surface area contributed by atoms with Crippen LogP contribution in [0.25, 0.3) is 0 Å². The van der Waals surface area contributed by atoms with Gasteiger partial charge < -0.3 is 9.26 Å². The quantitative estimate of drug-likeness (QED) is 0.784. The first-order valence-corrected chi connectivity index (χ1v) is 6.48. The van der Waals surface area contributed by atoms with Crippen molar-refractivity contribution in [3.8, 4) is 11.8 Å². The van der Waals surface area contributed by atoms with E-state index in [1.807, 2.05) is 0 Å². The van der Waals surface area contributed by atoms with Crippen molar-refractivity contribution in [2.45, 2.75) is 12.5 Å². The van der Waals surface area contributed by atoms with Crippen LogP contribution in [-0.2, 0) is 0 Å². The molecule has 0 radical (unpaired) electrons. The van der Waals surface area contributed by atoms with E-state index in [1.54, 1.807) is 24.3 Å². The number of nitriles is 1. The third kappa shape index (κ3) is 3.40. The van der Waals surface area contributed by atoms with Gasteiger partial charge in [-0.1, -0.05) is 16.8 Å². The van der Waals surface area contributed by atoms with E-state index in [0.717, 1.165) is 0 Å². The number of benzene rings is 1. The van der Waals surface area contributed by atoms with Gasteiger partial charge >= 0.3 is 0 Å². The molecular formula is C13H10Cl2N2O2. The zero-order valence-corrected chi connectivity index (χ0v) is 11.4. The molecule has 0 unspecified atom stereocenters. The predicted octanol–water partition coefficient (Wildman–Crippen LogP) is 3.95. The highest BCUT2D eigenvalue weighted by Crippen LogP contribution is 2.29. The van der Waals surface area contributed by atoms with E-state index < -0.39 is 0 Å². The molecule has 0 saturated carbocycles. The summed E-state index contributed by atoms with van der Waals surface area (Å²) in [7, 11) is 0. The molecule has 1 aromatic carbocycles. The van der Waals surface area contributed by atoms with Crippen LogP contribution >= 0.6 is 23.2 Å². The number of aromatic nitrogens is 1. The molecule has 1 heterocycles. The molecular weight excluding hydrogens is 287 g/mol. The Morgan fingerprint density at radius 3 is 2.89 bits per heavy atom. The maximum atomic E-state index is 9.05. The lowest BCUT2D eigenvalue weighted by molar-refractivity contribution is 0.190. The molecule has 1 atom stereocenters. The van der Waals surface area contributed by atoms with E-state index in [9.17, 15) is 0 Å². The monoisotopic (exact) mass is 296 g/mol. The molecule has 6 heteroatoms. The standard InChI is InChI=1S/C13H10Cl2N2O2/c14-5-3-12(11-4-6-18-17-11)19-13-7-10(15)2-1-9(13)8-16/h1-2,4,6-7,12H,3,5H2/t12-/m1/s1. The minimum atomic E-state index is -0.373. The van der Waals surface area contributed by atoms with Gasteiger partial charge in [0.15, 0.2) is 0 Å². The second-order valence-corrected chi connectivity index (χ2v) is 4.58. The van der Waals surface area contributed by atoms with Crippen LogP contribution in [0, 0.1) is 11.3 Å². The Balaban J connectivity index is 2.27. The van der Waals surface area contributed by atoms with Gasteiger partial charge in [0, 0.05) is 29.5 Å². The summed E-state index contributed by atoms with van der Waals surface area (Å²) in [4.78, 5) is 0. The predicted molar refractivity (Wildman–Crippen MR) is 71.4 cm³/mol. The van der Waals surface area contributed by atoms with E-state index in [1.165, 1.54) is 6.26 Å². The van der Waals surface area contributed by atoms with Crippen LogP contribution in [0.3, 0.4) is 0 Å². The summed E-state index contributed by atoms with van der Waals surface area (Å²) in [6, 6.07) is 8.60. The van der Waals surface area contributed by atoms with Gasteiger partial charge in [0.05, 0.1) is 5.56 Å². The van der Waals surface area contributed by atoms with E-state index in [0.29, 0.717) is 34.3 Å². The summed E-state index contributed by atoms with van der Waals surface area (Å²) >= 11 is 11.7. The highest BCUT2D eigenvalue weighted by Gasteiger charge is 2.18. The zero-order valence-electron chi connectivity index (χ0n) is 9.85. The molecule has 0 amide bonds. The fourth-order valence-corrected chi connectivity index (χ4v) is 1.95. The Hall–Kier alpha value is -1.70. The van der Waals surface area contributed by atoms with Gasteiger partial charge in [-0.15, -0.1) is 11.6 Å². The van der Waals surface area contributed by atoms with Crippen LogP contribution in [-0.4, -0.2) is 11.0 Å². The van der Waals surface area contributed by atoms with Crippen molar-refractivity contribution in [1.82, 2.24) is 5.16 Å². The molecule has 0 fully saturated rings. The van der Waals surface area contributed by atoms with E-state index in [4.69, 9.17) is 37.7 Å². The van der Waals surface area contributed by atoms with Gasteiger partial charge in [-0.3, -0.25) is 0 Å². The summed E-state index contributed by atoms with van der Waals surface area (Å²) in [5.74, 6) is 0.813. The molecule has 0 N–H and O–H groups in total. The lowest BCUT2D eigenvalue weighted by Gasteiger charge is -2.16. The molecule has 4 nitrogen and oxygen atoms in total. The second kappa shape index (κ2) is 6.46. The molecule has 0 aliphatic heterocycles. The number of rotatable bonds is 5. The van der Waals surface area contributed by atoms with Gasteiger partial charge in [-0.25, -0.2) is 0 Å². The molecule has 0 spiro atoms. The summed E-state index contributed by atoms with van der Waals surface area (Å²) in [6.07, 6.45) is 1.64. The number of nitrogens with zero attached hydrogens (tertiary/aromatic N) is 2. The number of ether oxygens (including phenoxy) is 1. The Kier molecular flexibility index (Phi) is 4.67. The van der Waals surface area contributed by atoms with Crippen molar-refractivity contribution >= 4 is 23.2 Å². The Morgan fingerprint density at radius 2 is 2.26 bits per heavy atom. The van der Waals surface area contributed by atoms with Crippen molar-refractivity contribution < 1.29 is 9.26 Å². The first-order chi connectivity index (χ1) is 9.24. The third-order valence-corrected chi connectivity index (χ3v) is 2.95. The first kappa shape index (κ1) is 13.7. The molecule has 0 aliphatic carbocycles. The average molecular weight is 297 g/mol. The molecule has 0 saturated heterocycles. The number of hydrogen-bond donors (Lipinski definition) is 0. The minimum Gasteiger partial charge on any atom is -0.483 e. The fraction of sp³-hybridized carbons (Fsp3) is 0.231. The fourth-order valence-electron chi connectivity index (χ4n) is 1.59. The second-order valence-electron chi connectivity index (χ2n) is 3.76. The highest BCUT2D eigenvalue weighted by atomic mass is 35.5. The molecule has 0 aliphatic rings. The summed E-state index contributed by atoms with van der Waals surface area (Å²) in [5, 5.41) is 13.4. The van der Waals surface area contributed by atoms with Crippen molar-refractivity contribution in [3.05, 3.63) is 46.8 Å².